The third-order valence-corrected chi connectivity index (χ3v) is 3.00. The van der Waals surface area contributed by atoms with Crippen molar-refractivity contribution >= 4 is 0 Å². The van der Waals surface area contributed by atoms with Crippen LogP contribution in [-0.2, 0) is 4.74 Å². The molecule has 1 atom stereocenters. The third-order valence-electron chi connectivity index (χ3n) is 3.00. The van der Waals surface area contributed by atoms with Gasteiger partial charge in [0.2, 0.25) is 0 Å². The lowest BCUT2D eigenvalue weighted by Crippen LogP contribution is -2.36. The molecule has 0 amide bonds. The van der Waals surface area contributed by atoms with Crippen LogP contribution in [0.5, 0.6) is 0 Å². The molecular weight excluding hydrogens is 138 g/mol. The van der Waals surface area contributed by atoms with Gasteiger partial charge in [0.1, 0.15) is 0 Å². The van der Waals surface area contributed by atoms with E-state index in [0.29, 0.717) is 0 Å². The fourth-order valence-corrected chi connectivity index (χ4v) is 2.07. The monoisotopic (exact) mass is 155 g/mol. The van der Waals surface area contributed by atoms with Crippen molar-refractivity contribution in [3.63, 3.8) is 0 Å². The average Bonchev–Trinajstić information content (AvgIpc) is 2.63. The van der Waals surface area contributed by atoms with Crippen molar-refractivity contribution in [2.24, 2.45) is 23.5 Å². The minimum atomic E-state index is 0.853. The zero-order valence-corrected chi connectivity index (χ0v) is 6.96. The van der Waals surface area contributed by atoms with Crippen LogP contribution in [0.25, 0.3) is 0 Å². The largest absolute Gasteiger partial charge is 0.381 e. The van der Waals surface area contributed by atoms with Crippen LogP contribution in [0.2, 0.25) is 0 Å². The molecule has 1 saturated carbocycles. The molecule has 0 aromatic heterocycles. The van der Waals surface area contributed by atoms with Gasteiger partial charge in [-0.25, -0.2) is 0 Å². The van der Waals surface area contributed by atoms with Gasteiger partial charge in [-0.15, -0.1) is 0 Å². The maximum Gasteiger partial charge on any atom is 0.0519 e. The molecule has 0 spiro atoms. The summed E-state index contributed by atoms with van der Waals surface area (Å²) in [5.41, 5.74) is 5.57. The van der Waals surface area contributed by atoms with E-state index in [1.165, 1.54) is 19.3 Å². The van der Waals surface area contributed by atoms with Crippen molar-refractivity contribution in [2.75, 3.05) is 19.8 Å². The van der Waals surface area contributed by atoms with Crippen LogP contribution in [0.3, 0.4) is 0 Å². The van der Waals surface area contributed by atoms with Crippen molar-refractivity contribution in [3.8, 4) is 0 Å². The molecule has 2 heteroatoms. The molecule has 1 unspecified atom stereocenters. The highest BCUT2D eigenvalue weighted by molar-refractivity contribution is 4.88. The Morgan fingerprint density at radius 2 is 2.00 bits per heavy atom. The fourth-order valence-electron chi connectivity index (χ4n) is 2.07. The lowest BCUT2D eigenvalue weighted by molar-refractivity contribution is -0.0665. The molecule has 0 radical (unpaired) electrons. The second-order valence-corrected chi connectivity index (χ2v) is 3.88. The Balaban J connectivity index is 1.81. The van der Waals surface area contributed by atoms with Crippen LogP contribution in [0.15, 0.2) is 0 Å². The summed E-state index contributed by atoms with van der Waals surface area (Å²) < 4.78 is 5.20. The Morgan fingerprint density at radius 3 is 2.36 bits per heavy atom. The third kappa shape index (κ3) is 1.57. The first-order valence-electron chi connectivity index (χ1n) is 4.69. The van der Waals surface area contributed by atoms with E-state index in [9.17, 15) is 0 Å². The van der Waals surface area contributed by atoms with Crippen molar-refractivity contribution in [2.45, 2.75) is 19.3 Å². The molecule has 2 nitrogen and oxygen atoms in total. The maximum absolute atomic E-state index is 5.57. The molecule has 1 saturated heterocycles. The average molecular weight is 155 g/mol. The number of ether oxygens (including phenoxy) is 1. The molecule has 2 aliphatic rings. The topological polar surface area (TPSA) is 35.2 Å². The number of hydrogen-bond acceptors (Lipinski definition) is 2. The Morgan fingerprint density at radius 1 is 1.27 bits per heavy atom. The van der Waals surface area contributed by atoms with Gasteiger partial charge in [0.05, 0.1) is 13.2 Å². The van der Waals surface area contributed by atoms with Crippen LogP contribution in [0, 0.1) is 17.8 Å². The van der Waals surface area contributed by atoms with E-state index in [0.717, 1.165) is 37.5 Å². The lowest BCUT2D eigenvalue weighted by atomic mass is 9.84. The Labute approximate surface area is 68.1 Å². The van der Waals surface area contributed by atoms with Gasteiger partial charge in [-0.05, 0) is 37.6 Å². The van der Waals surface area contributed by atoms with E-state index in [1.54, 1.807) is 0 Å². The zero-order valence-electron chi connectivity index (χ0n) is 6.96. The number of nitrogens with two attached hydrogens (primary N) is 1. The first kappa shape index (κ1) is 7.56. The Kier molecular flexibility index (Phi) is 2.14. The first-order valence-corrected chi connectivity index (χ1v) is 4.69. The quantitative estimate of drug-likeness (QED) is 0.657. The van der Waals surface area contributed by atoms with Crippen LogP contribution >= 0.6 is 0 Å². The molecule has 0 aromatic rings. The normalized spacial score (nSPS) is 28.1. The smallest absolute Gasteiger partial charge is 0.0519 e. The standard InChI is InChI=1S/C9H17NO/c10-4-3-9(7-1-2-7)8-5-11-6-8/h7-9H,1-6,10H2. The van der Waals surface area contributed by atoms with Gasteiger partial charge in [-0.1, -0.05) is 0 Å². The minimum Gasteiger partial charge on any atom is -0.381 e. The Hall–Kier alpha value is -0.0800. The van der Waals surface area contributed by atoms with Gasteiger partial charge in [-0.3, -0.25) is 0 Å². The molecule has 11 heavy (non-hydrogen) atoms. The van der Waals surface area contributed by atoms with Crippen LogP contribution in [0.1, 0.15) is 19.3 Å². The predicted molar refractivity (Wildman–Crippen MR) is 44.2 cm³/mol. The number of hydrogen-bond donors (Lipinski definition) is 1. The maximum atomic E-state index is 5.57. The predicted octanol–water partition coefficient (Wildman–Crippen LogP) is 1.01. The van der Waals surface area contributed by atoms with E-state index >= 15 is 0 Å². The van der Waals surface area contributed by atoms with Gasteiger partial charge < -0.3 is 10.5 Å². The lowest BCUT2D eigenvalue weighted by Gasteiger charge is -2.33. The van der Waals surface area contributed by atoms with Crippen LogP contribution in [-0.4, -0.2) is 19.8 Å². The molecule has 0 aromatic carbocycles. The molecule has 1 aliphatic heterocycles. The van der Waals surface area contributed by atoms with Crippen molar-refractivity contribution in [1.29, 1.82) is 0 Å². The van der Waals surface area contributed by atoms with Gasteiger partial charge in [0, 0.05) is 5.92 Å². The van der Waals surface area contributed by atoms with Gasteiger partial charge in [-0.2, -0.15) is 0 Å². The second-order valence-electron chi connectivity index (χ2n) is 3.88. The molecular formula is C9H17NO. The van der Waals surface area contributed by atoms with Crippen LogP contribution in [0.4, 0.5) is 0 Å². The molecule has 64 valence electrons. The van der Waals surface area contributed by atoms with E-state index in [4.69, 9.17) is 10.5 Å². The van der Waals surface area contributed by atoms with E-state index in [2.05, 4.69) is 0 Å². The first-order chi connectivity index (χ1) is 5.42. The molecule has 2 N–H and O–H groups in total. The summed E-state index contributed by atoms with van der Waals surface area (Å²) in [5, 5.41) is 0. The highest BCUT2D eigenvalue weighted by Gasteiger charge is 2.38. The van der Waals surface area contributed by atoms with Crippen molar-refractivity contribution < 1.29 is 4.74 Å². The van der Waals surface area contributed by atoms with Gasteiger partial charge >= 0.3 is 0 Å². The summed E-state index contributed by atoms with van der Waals surface area (Å²) in [6, 6.07) is 0. The molecule has 2 rings (SSSR count). The highest BCUT2D eigenvalue weighted by Crippen LogP contribution is 2.43. The summed E-state index contributed by atoms with van der Waals surface area (Å²) in [6.07, 6.45) is 4.11. The van der Waals surface area contributed by atoms with E-state index in [1.807, 2.05) is 0 Å². The molecule has 2 fully saturated rings. The Bertz CT molecular complexity index is 130. The summed E-state index contributed by atoms with van der Waals surface area (Å²) in [7, 11) is 0. The van der Waals surface area contributed by atoms with Crippen molar-refractivity contribution in [3.05, 3.63) is 0 Å². The minimum absolute atomic E-state index is 0.853. The fraction of sp³-hybridized carbons (Fsp3) is 1.00. The SMILES string of the molecule is NCCC(C1CC1)C1COC1. The summed E-state index contributed by atoms with van der Waals surface area (Å²) in [6.45, 7) is 2.86. The summed E-state index contributed by atoms with van der Waals surface area (Å²) in [4.78, 5) is 0. The van der Waals surface area contributed by atoms with Gasteiger partial charge in [0.15, 0.2) is 0 Å². The zero-order chi connectivity index (χ0) is 7.68. The highest BCUT2D eigenvalue weighted by atomic mass is 16.5. The van der Waals surface area contributed by atoms with E-state index in [-0.39, 0.29) is 0 Å². The summed E-state index contributed by atoms with van der Waals surface area (Å²) in [5.74, 6) is 2.76. The summed E-state index contributed by atoms with van der Waals surface area (Å²) >= 11 is 0. The van der Waals surface area contributed by atoms with Crippen molar-refractivity contribution in [1.82, 2.24) is 0 Å². The van der Waals surface area contributed by atoms with E-state index < -0.39 is 0 Å². The number of rotatable bonds is 4. The second kappa shape index (κ2) is 3.11. The molecule has 1 aliphatic carbocycles. The molecule has 0 bridgehead atoms. The molecule has 1 heterocycles. The van der Waals surface area contributed by atoms with Crippen LogP contribution < -0.4 is 5.73 Å². The van der Waals surface area contributed by atoms with Gasteiger partial charge in [0.25, 0.3) is 0 Å².